The number of hydrogen-bond acceptors (Lipinski definition) is 4. The average Bonchev–Trinajstić information content (AvgIpc) is 2.82. The first kappa shape index (κ1) is 15.2. The summed E-state index contributed by atoms with van der Waals surface area (Å²) in [6.45, 7) is 3.93. The lowest BCUT2D eigenvalue weighted by atomic mass is 10.1. The van der Waals surface area contributed by atoms with Crippen molar-refractivity contribution in [3.63, 3.8) is 0 Å². The van der Waals surface area contributed by atoms with E-state index in [9.17, 15) is 4.79 Å². The molecule has 0 fully saturated rings. The predicted molar refractivity (Wildman–Crippen MR) is 83.2 cm³/mol. The van der Waals surface area contributed by atoms with Crippen LogP contribution in [0.4, 0.5) is 0 Å². The van der Waals surface area contributed by atoms with Gasteiger partial charge in [0, 0.05) is 12.1 Å². The Balaban J connectivity index is 2.10. The number of carbonyl (C=O) groups is 1. The molecule has 2 rings (SSSR count). The van der Waals surface area contributed by atoms with E-state index in [0.29, 0.717) is 11.4 Å². The molecule has 0 spiro atoms. The molecule has 1 amide bonds. The van der Waals surface area contributed by atoms with E-state index < -0.39 is 0 Å². The Bertz CT molecular complexity index is 711. The molecule has 0 atom stereocenters. The maximum atomic E-state index is 12.2. The Hall–Kier alpha value is -2.16. The molecule has 0 aliphatic carbocycles. The van der Waals surface area contributed by atoms with Crippen molar-refractivity contribution in [3.8, 4) is 11.8 Å². The summed E-state index contributed by atoms with van der Waals surface area (Å²) in [5.41, 5.74) is 2.48. The largest absolute Gasteiger partial charge is 0.384 e. The van der Waals surface area contributed by atoms with E-state index in [2.05, 4.69) is 22.1 Å². The number of carbonyl (C=O) groups excluding carboxylic acids is 1. The minimum absolute atomic E-state index is 0.122. The van der Waals surface area contributed by atoms with Crippen molar-refractivity contribution in [2.24, 2.45) is 0 Å². The molecule has 0 saturated heterocycles. The number of aryl methyl sites for hydroxylation is 2. The highest BCUT2D eigenvalue weighted by Gasteiger charge is 2.13. The van der Waals surface area contributed by atoms with E-state index in [1.54, 1.807) is 0 Å². The summed E-state index contributed by atoms with van der Waals surface area (Å²) in [5.74, 6) is 5.38. The lowest BCUT2D eigenvalue weighted by Crippen LogP contribution is -2.23. The van der Waals surface area contributed by atoms with E-state index >= 15 is 0 Å². The highest BCUT2D eigenvalue weighted by molar-refractivity contribution is 7.13. The molecule has 5 heteroatoms. The first-order valence-corrected chi connectivity index (χ1v) is 7.33. The molecule has 1 aromatic carbocycles. The third kappa shape index (κ3) is 3.91. The highest BCUT2D eigenvalue weighted by Crippen LogP contribution is 2.17. The minimum Gasteiger partial charge on any atom is -0.384 e. The molecule has 0 aliphatic heterocycles. The molecule has 0 unspecified atom stereocenters. The van der Waals surface area contributed by atoms with Crippen LogP contribution in [0.15, 0.2) is 24.3 Å². The third-order valence-corrected chi connectivity index (χ3v) is 3.94. The standard InChI is InChI=1S/C16H16N2O2S/c1-11-15(21-12(2)18-11)16(20)17-10-14-7-4-3-6-13(14)8-5-9-19/h3-4,6-7,19H,9-10H2,1-2H3,(H,17,20). The van der Waals surface area contributed by atoms with Crippen LogP contribution in [0.1, 0.15) is 31.5 Å². The fraction of sp³-hybridized carbons (Fsp3) is 0.250. The van der Waals surface area contributed by atoms with Gasteiger partial charge in [-0.25, -0.2) is 4.98 Å². The van der Waals surface area contributed by atoms with E-state index in [1.807, 2.05) is 38.1 Å². The van der Waals surface area contributed by atoms with Gasteiger partial charge in [-0.3, -0.25) is 4.79 Å². The van der Waals surface area contributed by atoms with Crippen molar-refractivity contribution < 1.29 is 9.90 Å². The zero-order valence-electron chi connectivity index (χ0n) is 11.9. The van der Waals surface area contributed by atoms with E-state index in [4.69, 9.17) is 5.11 Å². The third-order valence-electron chi connectivity index (χ3n) is 2.87. The first-order valence-electron chi connectivity index (χ1n) is 6.51. The van der Waals surface area contributed by atoms with Crippen molar-refractivity contribution in [3.05, 3.63) is 51.0 Å². The summed E-state index contributed by atoms with van der Waals surface area (Å²) in [6, 6.07) is 7.55. The van der Waals surface area contributed by atoms with Crippen LogP contribution in [0.25, 0.3) is 0 Å². The number of aliphatic hydroxyl groups excluding tert-OH is 1. The monoisotopic (exact) mass is 300 g/mol. The number of thiazole rings is 1. The van der Waals surface area contributed by atoms with E-state index in [-0.39, 0.29) is 12.5 Å². The van der Waals surface area contributed by atoms with Gasteiger partial charge >= 0.3 is 0 Å². The van der Waals surface area contributed by atoms with Crippen molar-refractivity contribution >= 4 is 17.2 Å². The summed E-state index contributed by atoms with van der Waals surface area (Å²) in [4.78, 5) is 17.1. The second-order valence-electron chi connectivity index (χ2n) is 4.45. The molecule has 0 saturated carbocycles. The SMILES string of the molecule is Cc1nc(C)c(C(=O)NCc2ccccc2C#CCO)s1. The van der Waals surface area contributed by atoms with E-state index in [1.165, 1.54) is 11.3 Å². The number of benzene rings is 1. The summed E-state index contributed by atoms with van der Waals surface area (Å²) in [6.07, 6.45) is 0. The fourth-order valence-electron chi connectivity index (χ4n) is 1.93. The van der Waals surface area contributed by atoms with Gasteiger partial charge in [-0.15, -0.1) is 11.3 Å². The minimum atomic E-state index is -0.181. The van der Waals surface area contributed by atoms with Crippen LogP contribution in [0, 0.1) is 25.7 Å². The Morgan fingerprint density at radius 3 is 2.81 bits per heavy atom. The van der Waals surface area contributed by atoms with Crippen LogP contribution < -0.4 is 5.32 Å². The fourth-order valence-corrected chi connectivity index (χ4v) is 2.77. The Morgan fingerprint density at radius 1 is 1.38 bits per heavy atom. The maximum absolute atomic E-state index is 12.2. The van der Waals surface area contributed by atoms with Crippen LogP contribution >= 0.6 is 11.3 Å². The van der Waals surface area contributed by atoms with Crippen LogP contribution in [-0.4, -0.2) is 22.6 Å². The molecule has 2 N–H and O–H groups in total. The number of hydrogen-bond donors (Lipinski definition) is 2. The zero-order chi connectivity index (χ0) is 15.2. The van der Waals surface area contributed by atoms with Gasteiger partial charge < -0.3 is 10.4 Å². The Morgan fingerprint density at radius 2 is 2.14 bits per heavy atom. The smallest absolute Gasteiger partial charge is 0.263 e. The number of nitrogens with one attached hydrogen (secondary N) is 1. The maximum Gasteiger partial charge on any atom is 0.263 e. The Kier molecular flexibility index (Phi) is 5.09. The number of amides is 1. The van der Waals surface area contributed by atoms with Gasteiger partial charge in [-0.2, -0.15) is 0 Å². The second-order valence-corrected chi connectivity index (χ2v) is 5.65. The molecule has 0 radical (unpaired) electrons. The van der Waals surface area contributed by atoms with Crippen molar-refractivity contribution in [2.45, 2.75) is 20.4 Å². The number of aromatic nitrogens is 1. The first-order chi connectivity index (χ1) is 10.1. The van der Waals surface area contributed by atoms with Crippen molar-refractivity contribution in [1.29, 1.82) is 0 Å². The number of aliphatic hydroxyl groups is 1. The quantitative estimate of drug-likeness (QED) is 0.853. The topological polar surface area (TPSA) is 62.2 Å². The number of rotatable bonds is 3. The summed E-state index contributed by atoms with van der Waals surface area (Å²) in [5, 5.41) is 12.5. The van der Waals surface area contributed by atoms with Gasteiger partial charge in [-0.05, 0) is 25.5 Å². The molecule has 21 heavy (non-hydrogen) atoms. The second kappa shape index (κ2) is 7.02. The van der Waals surface area contributed by atoms with Gasteiger partial charge in [0.15, 0.2) is 0 Å². The Labute approximate surface area is 127 Å². The average molecular weight is 300 g/mol. The molecule has 0 bridgehead atoms. The van der Waals surface area contributed by atoms with Gasteiger partial charge in [0.2, 0.25) is 0 Å². The van der Waals surface area contributed by atoms with Gasteiger partial charge in [0.25, 0.3) is 5.91 Å². The summed E-state index contributed by atoms with van der Waals surface area (Å²) < 4.78 is 0. The zero-order valence-corrected chi connectivity index (χ0v) is 12.8. The number of nitrogens with zero attached hydrogens (tertiary/aromatic N) is 1. The lowest BCUT2D eigenvalue weighted by molar-refractivity contribution is 0.0954. The van der Waals surface area contributed by atoms with Crippen LogP contribution in [0.5, 0.6) is 0 Å². The van der Waals surface area contributed by atoms with Gasteiger partial charge in [-0.1, -0.05) is 30.0 Å². The van der Waals surface area contributed by atoms with Crippen molar-refractivity contribution in [2.75, 3.05) is 6.61 Å². The van der Waals surface area contributed by atoms with Gasteiger partial charge in [0.05, 0.1) is 10.7 Å². The molecule has 4 nitrogen and oxygen atoms in total. The molecule has 0 aliphatic rings. The predicted octanol–water partition coefficient (Wildman–Crippen LogP) is 2.03. The molecule has 1 aromatic heterocycles. The highest BCUT2D eigenvalue weighted by atomic mass is 32.1. The van der Waals surface area contributed by atoms with Crippen LogP contribution in [-0.2, 0) is 6.54 Å². The van der Waals surface area contributed by atoms with Crippen LogP contribution in [0.2, 0.25) is 0 Å². The molecule has 1 heterocycles. The molecule has 2 aromatic rings. The summed E-state index contributed by atoms with van der Waals surface area (Å²) in [7, 11) is 0. The normalized spacial score (nSPS) is 9.86. The van der Waals surface area contributed by atoms with Crippen molar-refractivity contribution in [1.82, 2.24) is 10.3 Å². The lowest BCUT2D eigenvalue weighted by Gasteiger charge is -2.06. The van der Waals surface area contributed by atoms with Crippen LogP contribution in [0.3, 0.4) is 0 Å². The van der Waals surface area contributed by atoms with Gasteiger partial charge in [0.1, 0.15) is 11.5 Å². The summed E-state index contributed by atoms with van der Waals surface area (Å²) >= 11 is 1.39. The molecule has 108 valence electrons. The molecular formula is C16H16N2O2S. The van der Waals surface area contributed by atoms with E-state index in [0.717, 1.165) is 21.8 Å². The molecular weight excluding hydrogens is 284 g/mol.